The Hall–Kier alpha value is -0.0831. The van der Waals surface area contributed by atoms with Crippen molar-refractivity contribution in [1.82, 2.24) is 0 Å². The van der Waals surface area contributed by atoms with E-state index in [0.717, 1.165) is 5.92 Å². The van der Waals surface area contributed by atoms with Crippen molar-refractivity contribution in [1.29, 1.82) is 0 Å². The van der Waals surface area contributed by atoms with Gasteiger partial charge in [0.05, 0.1) is 6.10 Å². The molecule has 0 spiro atoms. The Balaban J connectivity index is 2.08. The minimum absolute atomic E-state index is 0.290. The van der Waals surface area contributed by atoms with E-state index in [9.17, 15) is 0 Å². The van der Waals surface area contributed by atoms with Crippen LogP contribution in [-0.4, -0.2) is 14.4 Å². The molecule has 0 aromatic rings. The van der Waals surface area contributed by atoms with E-state index in [0.29, 0.717) is 16.6 Å². The van der Waals surface area contributed by atoms with Gasteiger partial charge < -0.3 is 4.43 Å². The van der Waals surface area contributed by atoms with E-state index >= 15 is 0 Å². The summed E-state index contributed by atoms with van der Waals surface area (Å²) in [5.41, 5.74) is 0.443. The lowest BCUT2D eigenvalue weighted by Crippen LogP contribution is -2.51. The fourth-order valence-electron chi connectivity index (χ4n) is 3.05. The highest BCUT2D eigenvalue weighted by molar-refractivity contribution is 6.74. The zero-order valence-electron chi connectivity index (χ0n) is 13.6. The maximum atomic E-state index is 6.71. The van der Waals surface area contributed by atoms with Crippen molar-refractivity contribution in [2.24, 2.45) is 11.3 Å². The third kappa shape index (κ3) is 3.16. The van der Waals surface area contributed by atoms with Gasteiger partial charge in [-0.3, -0.25) is 0 Å². The van der Waals surface area contributed by atoms with E-state index in [1.165, 1.54) is 38.5 Å². The summed E-state index contributed by atoms with van der Waals surface area (Å²) in [5, 5.41) is 0.290. The Bertz CT molecular complexity index is 332. The van der Waals surface area contributed by atoms with Gasteiger partial charge in [0.1, 0.15) is 0 Å². The van der Waals surface area contributed by atoms with Gasteiger partial charge in [0.25, 0.3) is 0 Å². The molecular formula is C17H32OSi. The van der Waals surface area contributed by atoms with Crippen molar-refractivity contribution in [2.45, 2.75) is 83.5 Å². The van der Waals surface area contributed by atoms with E-state index in [-0.39, 0.29) is 0 Å². The molecule has 0 aliphatic heterocycles. The summed E-state index contributed by atoms with van der Waals surface area (Å²) in [5.74, 6) is 0.991. The summed E-state index contributed by atoms with van der Waals surface area (Å²) in [4.78, 5) is 0. The number of rotatable bonds is 6. The minimum atomic E-state index is -1.68. The predicted octanol–water partition coefficient (Wildman–Crippen LogP) is 5.53. The summed E-state index contributed by atoms with van der Waals surface area (Å²) in [6.07, 6.45) is 10.8. The van der Waals surface area contributed by atoms with Crippen molar-refractivity contribution in [3.05, 3.63) is 12.7 Å². The van der Waals surface area contributed by atoms with Gasteiger partial charge in [-0.25, -0.2) is 0 Å². The molecule has 110 valence electrons. The van der Waals surface area contributed by atoms with Crippen LogP contribution in [0, 0.1) is 11.3 Å². The molecule has 2 saturated carbocycles. The Morgan fingerprint density at radius 2 is 1.89 bits per heavy atom. The Kier molecular flexibility index (Phi) is 4.06. The SMILES string of the molecule is C=CC(O[Si](C)(C)C(C)(C)C)C1(CC2CC2)CCC1. The van der Waals surface area contributed by atoms with Crippen LogP contribution in [0.4, 0.5) is 0 Å². The molecule has 0 radical (unpaired) electrons. The highest BCUT2D eigenvalue weighted by atomic mass is 28.4. The second-order valence-corrected chi connectivity index (χ2v) is 13.2. The first kappa shape index (κ1) is 15.3. The van der Waals surface area contributed by atoms with Crippen molar-refractivity contribution in [3.63, 3.8) is 0 Å². The Morgan fingerprint density at radius 1 is 1.32 bits per heavy atom. The van der Waals surface area contributed by atoms with Crippen LogP contribution in [0.5, 0.6) is 0 Å². The molecule has 1 nitrogen and oxygen atoms in total. The molecule has 19 heavy (non-hydrogen) atoms. The van der Waals surface area contributed by atoms with Gasteiger partial charge in [-0.1, -0.05) is 46.1 Å². The zero-order chi connectivity index (χ0) is 14.3. The van der Waals surface area contributed by atoms with Crippen LogP contribution in [0.15, 0.2) is 12.7 Å². The van der Waals surface area contributed by atoms with E-state index < -0.39 is 8.32 Å². The zero-order valence-corrected chi connectivity index (χ0v) is 14.6. The molecule has 0 aromatic carbocycles. The van der Waals surface area contributed by atoms with Gasteiger partial charge >= 0.3 is 0 Å². The molecule has 0 amide bonds. The topological polar surface area (TPSA) is 9.23 Å². The summed E-state index contributed by atoms with van der Waals surface area (Å²) >= 11 is 0. The van der Waals surface area contributed by atoms with E-state index in [2.05, 4.69) is 46.5 Å². The number of hydrogen-bond donors (Lipinski definition) is 0. The fourth-order valence-corrected chi connectivity index (χ4v) is 4.38. The van der Waals surface area contributed by atoms with Crippen LogP contribution in [0.1, 0.15) is 59.3 Å². The lowest BCUT2D eigenvalue weighted by Gasteiger charge is -2.51. The normalized spacial score (nSPS) is 24.7. The van der Waals surface area contributed by atoms with Crippen LogP contribution >= 0.6 is 0 Å². The average molecular weight is 281 g/mol. The van der Waals surface area contributed by atoms with Gasteiger partial charge in [0.2, 0.25) is 0 Å². The quantitative estimate of drug-likeness (QED) is 0.459. The third-order valence-electron chi connectivity index (χ3n) is 5.79. The molecule has 2 heteroatoms. The van der Waals surface area contributed by atoms with Crippen molar-refractivity contribution in [3.8, 4) is 0 Å². The maximum Gasteiger partial charge on any atom is 0.192 e. The van der Waals surface area contributed by atoms with E-state index in [1.54, 1.807) is 0 Å². The second-order valence-electron chi connectivity index (χ2n) is 8.40. The summed E-state index contributed by atoms with van der Waals surface area (Å²) in [6, 6.07) is 0. The fraction of sp³-hybridized carbons (Fsp3) is 0.882. The molecule has 0 N–H and O–H groups in total. The molecule has 1 unspecified atom stereocenters. The molecule has 1 atom stereocenters. The lowest BCUT2D eigenvalue weighted by molar-refractivity contribution is -0.00926. The first-order valence-electron chi connectivity index (χ1n) is 8.01. The highest BCUT2D eigenvalue weighted by Gasteiger charge is 2.49. The molecule has 2 rings (SSSR count). The predicted molar refractivity (Wildman–Crippen MR) is 85.9 cm³/mol. The lowest BCUT2D eigenvalue weighted by atomic mass is 9.62. The van der Waals surface area contributed by atoms with Gasteiger partial charge in [-0.15, -0.1) is 6.58 Å². The van der Waals surface area contributed by atoms with Gasteiger partial charge in [-0.05, 0) is 48.7 Å². The van der Waals surface area contributed by atoms with Crippen molar-refractivity contribution in [2.75, 3.05) is 0 Å². The monoisotopic (exact) mass is 280 g/mol. The van der Waals surface area contributed by atoms with Gasteiger partial charge in [0.15, 0.2) is 8.32 Å². The molecule has 2 aliphatic carbocycles. The smallest absolute Gasteiger partial charge is 0.192 e. The third-order valence-corrected chi connectivity index (χ3v) is 10.2. The van der Waals surface area contributed by atoms with Gasteiger partial charge in [-0.2, -0.15) is 0 Å². The molecule has 2 aliphatic rings. The van der Waals surface area contributed by atoms with Crippen LogP contribution < -0.4 is 0 Å². The molecular weight excluding hydrogens is 248 g/mol. The number of hydrogen-bond acceptors (Lipinski definition) is 1. The summed E-state index contributed by atoms with van der Waals surface area (Å²) in [6.45, 7) is 15.8. The molecule has 0 bridgehead atoms. The van der Waals surface area contributed by atoms with Crippen molar-refractivity contribution >= 4 is 8.32 Å². The van der Waals surface area contributed by atoms with Crippen molar-refractivity contribution < 1.29 is 4.43 Å². The molecule has 0 saturated heterocycles. The maximum absolute atomic E-state index is 6.71. The standard InChI is InChI=1S/C17H32OSi/c1-7-15(18-19(5,6)16(2,3)4)17(11-8-12-17)13-14-9-10-14/h7,14-15H,1,8-13H2,2-6H3. The second kappa shape index (κ2) is 5.03. The minimum Gasteiger partial charge on any atom is -0.410 e. The van der Waals surface area contributed by atoms with Crippen LogP contribution in [0.2, 0.25) is 18.1 Å². The van der Waals surface area contributed by atoms with Crippen LogP contribution in [-0.2, 0) is 4.43 Å². The largest absolute Gasteiger partial charge is 0.410 e. The van der Waals surface area contributed by atoms with Crippen LogP contribution in [0.25, 0.3) is 0 Å². The highest BCUT2D eigenvalue weighted by Crippen LogP contribution is 2.55. The molecule has 0 aromatic heterocycles. The van der Waals surface area contributed by atoms with E-state index in [4.69, 9.17) is 4.43 Å². The Labute approximate surface area is 120 Å². The molecule has 0 heterocycles. The van der Waals surface area contributed by atoms with Crippen LogP contribution in [0.3, 0.4) is 0 Å². The van der Waals surface area contributed by atoms with Gasteiger partial charge in [0, 0.05) is 0 Å². The summed E-state index contributed by atoms with van der Waals surface area (Å²) < 4.78 is 6.71. The first-order chi connectivity index (χ1) is 8.70. The van der Waals surface area contributed by atoms with E-state index in [1.807, 2.05) is 0 Å². The Morgan fingerprint density at radius 3 is 2.21 bits per heavy atom. The first-order valence-corrected chi connectivity index (χ1v) is 10.9. The average Bonchev–Trinajstić information content (AvgIpc) is 3.02. The summed E-state index contributed by atoms with van der Waals surface area (Å²) in [7, 11) is -1.68. The molecule has 2 fully saturated rings.